The maximum absolute atomic E-state index is 11.8. The van der Waals surface area contributed by atoms with Crippen molar-refractivity contribution in [1.29, 1.82) is 0 Å². The van der Waals surface area contributed by atoms with Gasteiger partial charge in [0.2, 0.25) is 0 Å². The number of nitrogens with one attached hydrogen (secondary N) is 1. The molecule has 0 saturated carbocycles. The van der Waals surface area contributed by atoms with Crippen molar-refractivity contribution in [3.8, 4) is 11.4 Å². The average molecular weight is 307 g/mol. The molecule has 0 unspecified atom stereocenters. The van der Waals surface area contributed by atoms with Gasteiger partial charge < -0.3 is 4.98 Å². The molecule has 1 N–H and O–H groups in total. The van der Waals surface area contributed by atoms with E-state index < -0.39 is 0 Å². The first-order valence-electron chi connectivity index (χ1n) is 5.89. The minimum atomic E-state index is -0.0615. The predicted molar refractivity (Wildman–Crippen MR) is 76.8 cm³/mol. The number of halogens is 1. The number of aromatic nitrogens is 2. The zero-order valence-corrected chi connectivity index (χ0v) is 12.3. The third-order valence-corrected chi connectivity index (χ3v) is 3.89. The molecule has 0 aliphatic rings. The number of rotatable bonds is 2. The lowest BCUT2D eigenvalue weighted by molar-refractivity contribution is 0.954. The van der Waals surface area contributed by atoms with E-state index in [-0.39, 0.29) is 5.56 Å². The standard InChI is InChI=1S/C14H15BrN2O/c1-4-12-9(3)14(18)17-13(16-12)10-6-5-8(2)11(15)7-10/h5-7H,4H2,1-3H3,(H,16,17,18). The van der Waals surface area contributed by atoms with Crippen LogP contribution in [0.3, 0.4) is 0 Å². The van der Waals surface area contributed by atoms with E-state index in [1.54, 1.807) is 6.92 Å². The molecule has 0 fully saturated rings. The molecule has 2 aromatic rings. The highest BCUT2D eigenvalue weighted by Crippen LogP contribution is 2.23. The number of hydrogen-bond donors (Lipinski definition) is 1. The van der Waals surface area contributed by atoms with Crippen LogP contribution in [0.5, 0.6) is 0 Å². The topological polar surface area (TPSA) is 45.8 Å². The fourth-order valence-electron chi connectivity index (χ4n) is 1.80. The summed E-state index contributed by atoms with van der Waals surface area (Å²) in [4.78, 5) is 19.2. The van der Waals surface area contributed by atoms with Crippen molar-refractivity contribution in [1.82, 2.24) is 9.97 Å². The molecule has 2 rings (SSSR count). The summed E-state index contributed by atoms with van der Waals surface area (Å²) in [5, 5.41) is 0. The number of hydrogen-bond acceptors (Lipinski definition) is 2. The highest BCUT2D eigenvalue weighted by atomic mass is 79.9. The number of benzene rings is 1. The second kappa shape index (κ2) is 5.06. The first-order chi connectivity index (χ1) is 8.52. The van der Waals surface area contributed by atoms with E-state index in [9.17, 15) is 4.79 Å². The Balaban J connectivity index is 2.60. The van der Waals surface area contributed by atoms with Crippen LogP contribution in [0.2, 0.25) is 0 Å². The highest BCUT2D eigenvalue weighted by molar-refractivity contribution is 9.10. The molecule has 0 saturated heterocycles. The quantitative estimate of drug-likeness (QED) is 0.924. The maximum atomic E-state index is 11.8. The average Bonchev–Trinajstić information content (AvgIpc) is 2.36. The summed E-state index contributed by atoms with van der Waals surface area (Å²) < 4.78 is 1.02. The molecule has 1 aromatic carbocycles. The Morgan fingerprint density at radius 2 is 2.06 bits per heavy atom. The summed E-state index contributed by atoms with van der Waals surface area (Å²) in [6.07, 6.45) is 0.760. The van der Waals surface area contributed by atoms with Crippen LogP contribution in [-0.4, -0.2) is 9.97 Å². The van der Waals surface area contributed by atoms with E-state index in [0.717, 1.165) is 27.7 Å². The van der Waals surface area contributed by atoms with Gasteiger partial charge in [-0.2, -0.15) is 0 Å². The number of aryl methyl sites for hydroxylation is 2. The molecular weight excluding hydrogens is 292 g/mol. The molecule has 0 spiro atoms. The normalized spacial score (nSPS) is 10.7. The number of aromatic amines is 1. The molecule has 0 aliphatic carbocycles. The SMILES string of the molecule is CCc1nc(-c2ccc(C)c(Br)c2)[nH]c(=O)c1C. The molecule has 0 atom stereocenters. The van der Waals surface area contributed by atoms with Gasteiger partial charge in [0.15, 0.2) is 0 Å². The predicted octanol–water partition coefficient (Wildman–Crippen LogP) is 3.38. The van der Waals surface area contributed by atoms with Gasteiger partial charge in [0.1, 0.15) is 5.82 Å². The third kappa shape index (κ3) is 2.38. The lowest BCUT2D eigenvalue weighted by atomic mass is 10.1. The monoisotopic (exact) mass is 306 g/mol. The van der Waals surface area contributed by atoms with Gasteiger partial charge in [-0.3, -0.25) is 4.79 Å². The first-order valence-corrected chi connectivity index (χ1v) is 6.68. The van der Waals surface area contributed by atoms with Crippen LogP contribution in [0.1, 0.15) is 23.7 Å². The van der Waals surface area contributed by atoms with Crippen LogP contribution < -0.4 is 5.56 Å². The van der Waals surface area contributed by atoms with Gasteiger partial charge in [-0.05, 0) is 31.9 Å². The zero-order valence-electron chi connectivity index (χ0n) is 10.7. The van der Waals surface area contributed by atoms with Crippen LogP contribution >= 0.6 is 15.9 Å². The Kier molecular flexibility index (Phi) is 3.66. The van der Waals surface area contributed by atoms with Crippen LogP contribution in [0.15, 0.2) is 27.5 Å². The lowest BCUT2D eigenvalue weighted by Crippen LogP contribution is -2.15. The van der Waals surface area contributed by atoms with Gasteiger partial charge in [-0.1, -0.05) is 35.0 Å². The molecule has 0 amide bonds. The van der Waals surface area contributed by atoms with Crippen molar-refractivity contribution in [2.24, 2.45) is 0 Å². The number of nitrogens with zero attached hydrogens (tertiary/aromatic N) is 1. The van der Waals surface area contributed by atoms with Gasteiger partial charge in [0, 0.05) is 15.6 Å². The molecule has 94 valence electrons. The molecule has 1 aromatic heterocycles. The van der Waals surface area contributed by atoms with Gasteiger partial charge >= 0.3 is 0 Å². The zero-order chi connectivity index (χ0) is 13.3. The van der Waals surface area contributed by atoms with Crippen LogP contribution in [0.4, 0.5) is 0 Å². The molecular formula is C14H15BrN2O. The van der Waals surface area contributed by atoms with Gasteiger partial charge in [-0.25, -0.2) is 4.98 Å². The van der Waals surface area contributed by atoms with E-state index in [4.69, 9.17) is 0 Å². The largest absolute Gasteiger partial charge is 0.306 e. The summed E-state index contributed by atoms with van der Waals surface area (Å²) in [6.45, 7) is 5.83. The molecule has 0 aliphatic heterocycles. The van der Waals surface area contributed by atoms with Crippen molar-refractivity contribution in [2.45, 2.75) is 27.2 Å². The minimum Gasteiger partial charge on any atom is -0.306 e. The van der Waals surface area contributed by atoms with Crippen molar-refractivity contribution < 1.29 is 0 Å². The third-order valence-electron chi connectivity index (χ3n) is 3.03. The van der Waals surface area contributed by atoms with Gasteiger partial charge in [0.25, 0.3) is 5.56 Å². The molecule has 4 heteroatoms. The summed E-state index contributed by atoms with van der Waals surface area (Å²) >= 11 is 3.49. The lowest BCUT2D eigenvalue weighted by Gasteiger charge is -2.07. The van der Waals surface area contributed by atoms with Crippen molar-refractivity contribution in [2.75, 3.05) is 0 Å². The second-order valence-electron chi connectivity index (χ2n) is 4.30. The fourth-order valence-corrected chi connectivity index (χ4v) is 2.18. The molecule has 0 radical (unpaired) electrons. The smallest absolute Gasteiger partial charge is 0.254 e. The molecule has 1 heterocycles. The summed E-state index contributed by atoms with van der Waals surface area (Å²) in [5.74, 6) is 0.628. The Morgan fingerprint density at radius 1 is 1.33 bits per heavy atom. The van der Waals surface area contributed by atoms with Crippen molar-refractivity contribution in [3.63, 3.8) is 0 Å². The van der Waals surface area contributed by atoms with Crippen molar-refractivity contribution in [3.05, 3.63) is 49.8 Å². The minimum absolute atomic E-state index is 0.0615. The highest BCUT2D eigenvalue weighted by Gasteiger charge is 2.08. The summed E-state index contributed by atoms with van der Waals surface area (Å²) in [7, 11) is 0. The second-order valence-corrected chi connectivity index (χ2v) is 5.16. The van der Waals surface area contributed by atoms with Crippen molar-refractivity contribution >= 4 is 15.9 Å². The first kappa shape index (κ1) is 13.0. The summed E-state index contributed by atoms with van der Waals surface area (Å²) in [5.41, 5.74) is 3.56. The number of H-pyrrole nitrogens is 1. The van der Waals surface area contributed by atoms with Crippen LogP contribution in [-0.2, 0) is 6.42 Å². The van der Waals surface area contributed by atoms with E-state index in [0.29, 0.717) is 11.4 Å². The molecule has 3 nitrogen and oxygen atoms in total. The van der Waals surface area contributed by atoms with Crippen LogP contribution in [0, 0.1) is 13.8 Å². The van der Waals surface area contributed by atoms with E-state index in [1.165, 1.54) is 0 Å². The Hall–Kier alpha value is -1.42. The Morgan fingerprint density at radius 3 is 2.67 bits per heavy atom. The fraction of sp³-hybridized carbons (Fsp3) is 0.286. The van der Waals surface area contributed by atoms with E-state index in [2.05, 4.69) is 25.9 Å². The summed E-state index contributed by atoms with van der Waals surface area (Å²) in [6, 6.07) is 5.94. The van der Waals surface area contributed by atoms with Crippen LogP contribution in [0.25, 0.3) is 11.4 Å². The van der Waals surface area contributed by atoms with Gasteiger partial charge in [-0.15, -0.1) is 0 Å². The van der Waals surface area contributed by atoms with E-state index >= 15 is 0 Å². The Bertz CT molecular complexity index is 647. The van der Waals surface area contributed by atoms with Gasteiger partial charge in [0.05, 0.1) is 5.69 Å². The molecule has 0 bridgehead atoms. The Labute approximate surface area is 114 Å². The maximum Gasteiger partial charge on any atom is 0.254 e. The molecule has 18 heavy (non-hydrogen) atoms. The van der Waals surface area contributed by atoms with E-state index in [1.807, 2.05) is 32.0 Å².